The smallest absolute Gasteiger partial charge is 0.244 e. The van der Waals surface area contributed by atoms with Crippen LogP contribution in [-0.2, 0) is 14.8 Å². The molecular formula is C23H32N2O4S. The van der Waals surface area contributed by atoms with E-state index in [-0.39, 0.29) is 11.9 Å². The summed E-state index contributed by atoms with van der Waals surface area (Å²) < 4.78 is 31.9. The highest BCUT2D eigenvalue weighted by Gasteiger charge is 2.32. The van der Waals surface area contributed by atoms with Crippen molar-refractivity contribution in [2.45, 2.75) is 52.6 Å². The van der Waals surface area contributed by atoms with Crippen LogP contribution in [0.3, 0.4) is 0 Å². The Hall–Kier alpha value is -2.54. The second-order valence-corrected chi connectivity index (χ2v) is 9.15. The summed E-state index contributed by atoms with van der Waals surface area (Å²) >= 11 is 0. The van der Waals surface area contributed by atoms with E-state index in [9.17, 15) is 13.2 Å². The Morgan fingerprint density at radius 2 is 1.60 bits per heavy atom. The van der Waals surface area contributed by atoms with Gasteiger partial charge in [-0.1, -0.05) is 43.7 Å². The van der Waals surface area contributed by atoms with Crippen LogP contribution in [0.4, 0.5) is 5.69 Å². The third-order valence-electron chi connectivity index (χ3n) is 4.94. The first-order chi connectivity index (χ1) is 14.2. The molecule has 2 aromatic rings. The van der Waals surface area contributed by atoms with E-state index in [0.29, 0.717) is 30.9 Å². The maximum atomic E-state index is 13.2. The molecule has 2 rings (SSSR count). The number of rotatable bonds is 10. The molecule has 0 saturated heterocycles. The zero-order valence-corrected chi connectivity index (χ0v) is 19.2. The number of carbonyl (C=O) groups excluding carboxylic acids is 1. The highest BCUT2D eigenvalue weighted by molar-refractivity contribution is 7.92. The molecule has 1 amide bonds. The lowest BCUT2D eigenvalue weighted by molar-refractivity contribution is -0.123. The van der Waals surface area contributed by atoms with Crippen molar-refractivity contribution in [3.63, 3.8) is 0 Å². The van der Waals surface area contributed by atoms with E-state index in [1.54, 1.807) is 24.3 Å². The van der Waals surface area contributed by atoms with Gasteiger partial charge in [0.1, 0.15) is 11.8 Å². The molecule has 0 aliphatic heterocycles. The minimum Gasteiger partial charge on any atom is -0.494 e. The summed E-state index contributed by atoms with van der Waals surface area (Å²) in [5, 5.41) is 3.04. The van der Waals surface area contributed by atoms with E-state index in [1.165, 1.54) is 4.31 Å². The highest BCUT2D eigenvalue weighted by Crippen LogP contribution is 2.26. The van der Waals surface area contributed by atoms with Gasteiger partial charge >= 0.3 is 0 Å². The number of benzene rings is 2. The molecule has 1 N–H and O–H groups in total. The second kappa shape index (κ2) is 10.5. The molecule has 2 aromatic carbocycles. The Kier molecular flexibility index (Phi) is 8.29. The number of nitrogens with zero attached hydrogens (tertiary/aromatic N) is 1. The van der Waals surface area contributed by atoms with Crippen LogP contribution in [0.2, 0.25) is 0 Å². The van der Waals surface area contributed by atoms with Crippen LogP contribution in [0.5, 0.6) is 5.75 Å². The van der Waals surface area contributed by atoms with E-state index in [0.717, 1.165) is 17.4 Å². The minimum absolute atomic E-state index is 0.186. The summed E-state index contributed by atoms with van der Waals surface area (Å²) in [4.78, 5) is 13.2. The van der Waals surface area contributed by atoms with E-state index in [1.807, 2.05) is 52.0 Å². The number of anilines is 1. The van der Waals surface area contributed by atoms with Gasteiger partial charge in [-0.2, -0.15) is 0 Å². The fraction of sp³-hybridized carbons (Fsp3) is 0.435. The molecule has 2 unspecified atom stereocenters. The zero-order chi connectivity index (χ0) is 22.3. The predicted molar refractivity (Wildman–Crippen MR) is 121 cm³/mol. The first-order valence-electron chi connectivity index (χ1n) is 10.3. The third kappa shape index (κ3) is 5.98. The molecule has 0 aromatic heterocycles. The molecule has 2 atom stereocenters. The van der Waals surface area contributed by atoms with Gasteiger partial charge in [-0.25, -0.2) is 8.42 Å². The van der Waals surface area contributed by atoms with E-state index >= 15 is 0 Å². The van der Waals surface area contributed by atoms with Gasteiger partial charge < -0.3 is 10.1 Å². The third-order valence-corrected chi connectivity index (χ3v) is 6.12. The molecule has 7 heteroatoms. The number of hydrogen-bond acceptors (Lipinski definition) is 4. The summed E-state index contributed by atoms with van der Waals surface area (Å²) in [5.41, 5.74) is 2.58. The number of aryl methyl sites for hydroxylation is 1. The molecule has 6 nitrogen and oxygen atoms in total. The fourth-order valence-electron chi connectivity index (χ4n) is 3.40. The van der Waals surface area contributed by atoms with Gasteiger partial charge in [-0.05, 0) is 56.5 Å². The first kappa shape index (κ1) is 23.7. The van der Waals surface area contributed by atoms with Crippen molar-refractivity contribution in [1.29, 1.82) is 0 Å². The van der Waals surface area contributed by atoms with Crippen LogP contribution in [0.15, 0.2) is 48.5 Å². The maximum absolute atomic E-state index is 13.2. The molecule has 164 valence electrons. The van der Waals surface area contributed by atoms with Crippen molar-refractivity contribution < 1.29 is 17.9 Å². The summed E-state index contributed by atoms with van der Waals surface area (Å²) in [7, 11) is -3.68. The number of nitrogens with one attached hydrogen (secondary N) is 1. The number of ether oxygens (including phenoxy) is 1. The minimum atomic E-state index is -3.68. The largest absolute Gasteiger partial charge is 0.494 e. The normalized spacial score (nSPS) is 13.4. The molecule has 0 bridgehead atoms. The Bertz CT molecular complexity index is 925. The van der Waals surface area contributed by atoms with Crippen LogP contribution >= 0.6 is 0 Å². The summed E-state index contributed by atoms with van der Waals surface area (Å²) in [6.07, 6.45) is 2.17. The molecule has 0 radical (unpaired) electrons. The lowest BCUT2D eigenvalue weighted by atomic mass is 10.0. The van der Waals surface area contributed by atoms with Crippen molar-refractivity contribution >= 4 is 21.6 Å². The van der Waals surface area contributed by atoms with Gasteiger partial charge in [-0.15, -0.1) is 0 Å². The van der Waals surface area contributed by atoms with Crippen molar-refractivity contribution in [3.8, 4) is 5.75 Å². The molecule has 0 saturated carbocycles. The summed E-state index contributed by atoms with van der Waals surface area (Å²) in [6, 6.07) is 13.7. The van der Waals surface area contributed by atoms with E-state index in [4.69, 9.17) is 4.74 Å². The molecular weight excluding hydrogens is 400 g/mol. The Labute approximate surface area is 180 Å². The standard InChI is InChI=1S/C23H32N2O4S/c1-6-21(18-11-9-17(4)10-12-18)24-23(26)22(7-2)25(30(5,27)28)19-13-15-20(16-14-19)29-8-3/h9-16,21-22H,6-8H2,1-5H3,(H,24,26). The van der Waals surface area contributed by atoms with Crippen molar-refractivity contribution in [2.75, 3.05) is 17.2 Å². The van der Waals surface area contributed by atoms with E-state index in [2.05, 4.69) is 5.32 Å². The number of carbonyl (C=O) groups is 1. The highest BCUT2D eigenvalue weighted by atomic mass is 32.2. The molecule has 30 heavy (non-hydrogen) atoms. The molecule has 0 aliphatic carbocycles. The second-order valence-electron chi connectivity index (χ2n) is 7.29. The van der Waals surface area contributed by atoms with Gasteiger partial charge in [0, 0.05) is 0 Å². The van der Waals surface area contributed by atoms with Gasteiger partial charge in [0.2, 0.25) is 15.9 Å². The van der Waals surface area contributed by atoms with Crippen LogP contribution in [0.25, 0.3) is 0 Å². The van der Waals surface area contributed by atoms with E-state index < -0.39 is 16.1 Å². The lowest BCUT2D eigenvalue weighted by Gasteiger charge is -2.31. The first-order valence-corrected chi connectivity index (χ1v) is 12.1. The molecule has 0 fully saturated rings. The monoisotopic (exact) mass is 432 g/mol. The summed E-state index contributed by atoms with van der Waals surface area (Å²) in [6.45, 7) is 8.21. The van der Waals surface area contributed by atoms with Crippen LogP contribution in [-0.4, -0.2) is 33.2 Å². The fourth-order valence-corrected chi connectivity index (χ4v) is 4.62. The van der Waals surface area contributed by atoms with Gasteiger partial charge in [0.05, 0.1) is 24.6 Å². The topological polar surface area (TPSA) is 75.7 Å². The predicted octanol–water partition coefficient (Wildman–Crippen LogP) is 4.21. The summed E-state index contributed by atoms with van der Waals surface area (Å²) in [5.74, 6) is 0.335. The Balaban J connectivity index is 2.31. The molecule has 0 aliphatic rings. The van der Waals surface area contributed by atoms with Crippen LogP contribution < -0.4 is 14.4 Å². The van der Waals surface area contributed by atoms with Crippen molar-refractivity contribution in [3.05, 3.63) is 59.7 Å². The van der Waals surface area contributed by atoms with Gasteiger partial charge in [-0.3, -0.25) is 9.10 Å². The van der Waals surface area contributed by atoms with Crippen LogP contribution in [0.1, 0.15) is 50.8 Å². The van der Waals surface area contributed by atoms with Crippen molar-refractivity contribution in [2.24, 2.45) is 0 Å². The van der Waals surface area contributed by atoms with Gasteiger partial charge in [0.25, 0.3) is 0 Å². The Morgan fingerprint density at radius 1 is 1.00 bits per heavy atom. The number of sulfonamides is 1. The average Bonchev–Trinajstić information content (AvgIpc) is 2.71. The number of hydrogen-bond donors (Lipinski definition) is 1. The van der Waals surface area contributed by atoms with Crippen LogP contribution in [0, 0.1) is 6.92 Å². The number of amides is 1. The molecule has 0 heterocycles. The molecule has 0 spiro atoms. The van der Waals surface area contributed by atoms with Crippen molar-refractivity contribution in [1.82, 2.24) is 5.32 Å². The quantitative estimate of drug-likeness (QED) is 0.610. The maximum Gasteiger partial charge on any atom is 0.244 e. The average molecular weight is 433 g/mol. The zero-order valence-electron chi connectivity index (χ0n) is 18.4. The van der Waals surface area contributed by atoms with Gasteiger partial charge in [0.15, 0.2) is 0 Å². The lowest BCUT2D eigenvalue weighted by Crippen LogP contribution is -2.50. The Morgan fingerprint density at radius 3 is 2.07 bits per heavy atom. The SMILES string of the molecule is CCOc1ccc(N(C(CC)C(=O)NC(CC)c2ccc(C)cc2)S(C)(=O)=O)cc1.